The first-order valence-corrected chi connectivity index (χ1v) is 8.23. The summed E-state index contributed by atoms with van der Waals surface area (Å²) in [6.45, 7) is 4.29. The average Bonchev–Trinajstić information content (AvgIpc) is 2.96. The van der Waals surface area contributed by atoms with E-state index in [0.717, 1.165) is 44.9 Å². The molecule has 1 saturated carbocycles. The van der Waals surface area contributed by atoms with Crippen LogP contribution in [0.25, 0.3) is 0 Å². The average molecular weight is 314 g/mol. The minimum atomic E-state index is 0.163. The Kier molecular flexibility index (Phi) is 3.69. The molecule has 1 amide bonds. The van der Waals surface area contributed by atoms with Crippen LogP contribution in [0.2, 0.25) is 0 Å². The van der Waals surface area contributed by atoms with Crippen molar-refractivity contribution in [3.8, 4) is 0 Å². The summed E-state index contributed by atoms with van der Waals surface area (Å²) in [6, 6.07) is 3.92. The molecule has 0 N–H and O–H groups in total. The molecular formula is C17H22N4O2. The lowest BCUT2D eigenvalue weighted by molar-refractivity contribution is -0.134. The maximum Gasteiger partial charge on any atom is 0.226 e. The van der Waals surface area contributed by atoms with Gasteiger partial charge in [0, 0.05) is 45.3 Å². The smallest absolute Gasteiger partial charge is 0.226 e. The second-order valence-electron chi connectivity index (χ2n) is 6.58. The summed E-state index contributed by atoms with van der Waals surface area (Å²) in [5, 5.41) is 4.21. The molecule has 122 valence electrons. The highest BCUT2D eigenvalue weighted by atomic mass is 16.3. The van der Waals surface area contributed by atoms with E-state index in [1.54, 1.807) is 6.26 Å². The van der Waals surface area contributed by atoms with Crippen molar-refractivity contribution in [2.75, 3.05) is 26.2 Å². The standard InChI is InChI=1S/C17H22N4O2/c1-19-11-13(10-18-19)15-9-16(15)17(22)21-6-4-20(5-7-21)12-14-3-2-8-23-14/h2-3,8,10-11,15-16H,4-7,9,12H2,1H3/t15-,16-/m0/s1. The van der Waals surface area contributed by atoms with Gasteiger partial charge in [0.1, 0.15) is 5.76 Å². The number of hydrogen-bond donors (Lipinski definition) is 0. The van der Waals surface area contributed by atoms with Crippen molar-refractivity contribution in [3.63, 3.8) is 0 Å². The van der Waals surface area contributed by atoms with Gasteiger partial charge in [-0.05, 0) is 30.0 Å². The minimum Gasteiger partial charge on any atom is -0.468 e. The quantitative estimate of drug-likeness (QED) is 0.857. The Morgan fingerprint density at radius 2 is 2.17 bits per heavy atom. The largest absolute Gasteiger partial charge is 0.468 e. The van der Waals surface area contributed by atoms with Crippen molar-refractivity contribution >= 4 is 5.91 Å². The van der Waals surface area contributed by atoms with Gasteiger partial charge in [0.2, 0.25) is 5.91 Å². The summed E-state index contributed by atoms with van der Waals surface area (Å²) in [5.41, 5.74) is 1.20. The van der Waals surface area contributed by atoms with E-state index in [2.05, 4.69) is 10.00 Å². The molecule has 3 heterocycles. The molecule has 4 rings (SSSR count). The Bertz CT molecular complexity index is 671. The maximum atomic E-state index is 12.6. The van der Waals surface area contributed by atoms with E-state index in [9.17, 15) is 4.79 Å². The van der Waals surface area contributed by atoms with Crippen molar-refractivity contribution < 1.29 is 9.21 Å². The Morgan fingerprint density at radius 1 is 1.35 bits per heavy atom. The fourth-order valence-corrected chi connectivity index (χ4v) is 3.45. The molecule has 2 atom stereocenters. The van der Waals surface area contributed by atoms with Crippen molar-refractivity contribution in [2.45, 2.75) is 18.9 Å². The Balaban J connectivity index is 1.28. The van der Waals surface area contributed by atoms with Gasteiger partial charge in [-0.25, -0.2) is 0 Å². The number of rotatable bonds is 4. The fraction of sp³-hybridized carbons (Fsp3) is 0.529. The van der Waals surface area contributed by atoms with Crippen LogP contribution in [0.15, 0.2) is 35.2 Å². The lowest BCUT2D eigenvalue weighted by atomic mass is 10.1. The summed E-state index contributed by atoms with van der Waals surface area (Å²) in [6.07, 6.45) is 6.59. The van der Waals surface area contributed by atoms with Crippen LogP contribution in [-0.4, -0.2) is 51.7 Å². The molecule has 2 aliphatic rings. The molecule has 6 nitrogen and oxygen atoms in total. The van der Waals surface area contributed by atoms with Gasteiger partial charge in [-0.1, -0.05) is 0 Å². The van der Waals surface area contributed by atoms with Crippen LogP contribution in [0.1, 0.15) is 23.7 Å². The van der Waals surface area contributed by atoms with Crippen molar-refractivity contribution in [3.05, 3.63) is 42.1 Å². The summed E-state index contributed by atoms with van der Waals surface area (Å²) < 4.78 is 7.20. The van der Waals surface area contributed by atoms with Gasteiger partial charge in [0.05, 0.1) is 19.0 Å². The van der Waals surface area contributed by atoms with E-state index in [1.807, 2.05) is 41.2 Å². The van der Waals surface area contributed by atoms with E-state index >= 15 is 0 Å². The van der Waals surface area contributed by atoms with Gasteiger partial charge in [-0.15, -0.1) is 0 Å². The third-order valence-corrected chi connectivity index (χ3v) is 4.90. The topological polar surface area (TPSA) is 54.5 Å². The fourth-order valence-electron chi connectivity index (χ4n) is 3.45. The molecule has 0 aromatic carbocycles. The molecule has 0 spiro atoms. The van der Waals surface area contributed by atoms with Crippen molar-refractivity contribution in [1.29, 1.82) is 0 Å². The molecular weight excluding hydrogens is 292 g/mol. The van der Waals surface area contributed by atoms with Crippen LogP contribution >= 0.6 is 0 Å². The lowest BCUT2D eigenvalue weighted by Gasteiger charge is -2.34. The first-order chi connectivity index (χ1) is 11.2. The zero-order chi connectivity index (χ0) is 15.8. The van der Waals surface area contributed by atoms with Crippen LogP contribution in [-0.2, 0) is 18.4 Å². The van der Waals surface area contributed by atoms with Gasteiger partial charge in [0.15, 0.2) is 0 Å². The zero-order valence-electron chi connectivity index (χ0n) is 13.4. The highest BCUT2D eigenvalue weighted by Gasteiger charge is 2.46. The Hall–Kier alpha value is -2.08. The van der Waals surface area contributed by atoms with Gasteiger partial charge in [0.25, 0.3) is 0 Å². The molecule has 0 radical (unpaired) electrons. The molecule has 1 aliphatic heterocycles. The first-order valence-electron chi connectivity index (χ1n) is 8.23. The first kappa shape index (κ1) is 14.5. The number of furan rings is 1. The number of hydrogen-bond acceptors (Lipinski definition) is 4. The number of nitrogens with zero attached hydrogens (tertiary/aromatic N) is 4. The third-order valence-electron chi connectivity index (χ3n) is 4.90. The Labute approximate surface area is 135 Å². The number of amides is 1. The lowest BCUT2D eigenvalue weighted by Crippen LogP contribution is -2.48. The van der Waals surface area contributed by atoms with Crippen LogP contribution in [0.5, 0.6) is 0 Å². The molecule has 1 aliphatic carbocycles. The summed E-state index contributed by atoms with van der Waals surface area (Å²) in [5.74, 6) is 1.84. The van der Waals surface area contributed by atoms with Gasteiger partial charge in [-0.2, -0.15) is 5.10 Å². The van der Waals surface area contributed by atoms with E-state index in [0.29, 0.717) is 11.8 Å². The molecule has 2 aromatic heterocycles. The maximum absolute atomic E-state index is 12.6. The molecule has 23 heavy (non-hydrogen) atoms. The number of piperazine rings is 1. The normalized spacial score (nSPS) is 24.8. The van der Waals surface area contributed by atoms with Gasteiger partial charge >= 0.3 is 0 Å². The highest BCUT2D eigenvalue weighted by Crippen LogP contribution is 2.48. The predicted octanol–water partition coefficient (Wildman–Crippen LogP) is 1.46. The summed E-state index contributed by atoms with van der Waals surface area (Å²) in [7, 11) is 1.92. The Morgan fingerprint density at radius 3 is 2.83 bits per heavy atom. The van der Waals surface area contributed by atoms with Crippen LogP contribution < -0.4 is 0 Å². The molecule has 6 heteroatoms. The number of aryl methyl sites for hydroxylation is 1. The monoisotopic (exact) mass is 314 g/mol. The second kappa shape index (κ2) is 5.85. The summed E-state index contributed by atoms with van der Waals surface area (Å²) in [4.78, 5) is 17.0. The second-order valence-corrected chi connectivity index (χ2v) is 6.58. The van der Waals surface area contributed by atoms with Gasteiger partial charge < -0.3 is 9.32 Å². The van der Waals surface area contributed by atoms with E-state index < -0.39 is 0 Å². The van der Waals surface area contributed by atoms with Gasteiger partial charge in [-0.3, -0.25) is 14.4 Å². The van der Waals surface area contributed by atoms with E-state index in [4.69, 9.17) is 4.42 Å². The van der Waals surface area contributed by atoms with E-state index in [1.165, 1.54) is 5.56 Å². The highest BCUT2D eigenvalue weighted by molar-refractivity contribution is 5.83. The molecule has 0 bridgehead atoms. The zero-order valence-corrected chi connectivity index (χ0v) is 13.4. The number of carbonyl (C=O) groups excluding carboxylic acids is 1. The molecule has 2 aromatic rings. The summed E-state index contributed by atoms with van der Waals surface area (Å²) >= 11 is 0. The number of aromatic nitrogens is 2. The minimum absolute atomic E-state index is 0.163. The van der Waals surface area contributed by atoms with Crippen molar-refractivity contribution in [1.82, 2.24) is 19.6 Å². The van der Waals surface area contributed by atoms with Crippen LogP contribution in [0.4, 0.5) is 0 Å². The van der Waals surface area contributed by atoms with Crippen molar-refractivity contribution in [2.24, 2.45) is 13.0 Å². The SMILES string of the molecule is Cn1cc([C@@H]2C[C@@H]2C(=O)N2CCN(Cc3ccco3)CC2)cn1. The molecule has 0 unspecified atom stereocenters. The number of carbonyl (C=O) groups is 1. The van der Waals surface area contributed by atoms with Crippen LogP contribution in [0.3, 0.4) is 0 Å². The molecule has 1 saturated heterocycles. The van der Waals surface area contributed by atoms with Crippen LogP contribution in [0, 0.1) is 5.92 Å². The third kappa shape index (κ3) is 3.03. The predicted molar refractivity (Wildman–Crippen MR) is 84.6 cm³/mol. The van der Waals surface area contributed by atoms with E-state index in [-0.39, 0.29) is 5.92 Å². The molecule has 2 fully saturated rings.